The number of imide groups is 1. The molecule has 41 heavy (non-hydrogen) atoms. The summed E-state index contributed by atoms with van der Waals surface area (Å²) in [7, 11) is 1.22. The number of nitrogens with zero attached hydrogens (tertiary/aromatic N) is 1. The van der Waals surface area contributed by atoms with Crippen molar-refractivity contribution in [1.82, 2.24) is 4.90 Å². The van der Waals surface area contributed by atoms with Crippen molar-refractivity contribution in [3.8, 4) is 5.75 Å². The lowest BCUT2D eigenvalue weighted by Crippen LogP contribution is -2.36. The van der Waals surface area contributed by atoms with Gasteiger partial charge in [0.15, 0.2) is 0 Å². The number of ether oxygens (including phenoxy) is 2. The summed E-state index contributed by atoms with van der Waals surface area (Å²) in [5, 5.41) is 4.45. The Labute approximate surface area is 244 Å². The van der Waals surface area contributed by atoms with E-state index in [1.807, 2.05) is 24.3 Å². The van der Waals surface area contributed by atoms with E-state index in [9.17, 15) is 19.2 Å². The van der Waals surface area contributed by atoms with Gasteiger partial charge in [-0.3, -0.25) is 19.3 Å². The van der Waals surface area contributed by atoms with Crippen LogP contribution in [0.3, 0.4) is 0 Å². The highest BCUT2D eigenvalue weighted by Gasteiger charge is 2.36. The standard InChI is InChI=1S/C31H23ClN2O6S/c1-39-30(37)25-16-22(11-14-26(25)32)33-28(35)17-34-29(36)27(41-31(34)38)15-19-9-12-23(13-10-19)40-18-21-7-4-6-20-5-2-3-8-24(20)21/h2-16H,17-18H2,1H3,(H,33,35)/b27-15+. The number of fused-ring (bicyclic) bond motifs is 1. The molecule has 3 amide bonds. The zero-order valence-corrected chi connectivity index (χ0v) is 23.3. The van der Waals surface area contributed by atoms with E-state index < -0.39 is 29.6 Å². The average molecular weight is 587 g/mol. The molecule has 4 aromatic rings. The van der Waals surface area contributed by atoms with E-state index in [1.54, 1.807) is 30.3 Å². The molecule has 1 aliphatic rings. The van der Waals surface area contributed by atoms with Crippen molar-refractivity contribution in [3.63, 3.8) is 0 Å². The second-order valence-electron chi connectivity index (χ2n) is 9.00. The molecule has 5 rings (SSSR count). The van der Waals surface area contributed by atoms with Crippen molar-refractivity contribution in [2.24, 2.45) is 0 Å². The quantitative estimate of drug-likeness (QED) is 0.185. The maximum absolute atomic E-state index is 12.9. The van der Waals surface area contributed by atoms with Crippen LogP contribution in [0.4, 0.5) is 10.5 Å². The Hall–Kier alpha value is -4.60. The Morgan fingerprint density at radius 2 is 1.73 bits per heavy atom. The molecular formula is C31H23ClN2O6S. The number of hydrogen-bond donors (Lipinski definition) is 1. The van der Waals surface area contributed by atoms with Gasteiger partial charge in [0.05, 0.1) is 22.6 Å². The van der Waals surface area contributed by atoms with Gasteiger partial charge in [-0.15, -0.1) is 0 Å². The topological polar surface area (TPSA) is 102 Å². The van der Waals surface area contributed by atoms with Gasteiger partial charge in [-0.2, -0.15) is 0 Å². The molecule has 1 heterocycles. The Bertz CT molecular complexity index is 1700. The van der Waals surface area contributed by atoms with Crippen LogP contribution in [-0.4, -0.2) is 41.6 Å². The Kier molecular flexibility index (Phi) is 8.37. The molecule has 0 atom stereocenters. The molecule has 1 aliphatic heterocycles. The number of anilines is 1. The summed E-state index contributed by atoms with van der Waals surface area (Å²) in [4.78, 5) is 50.9. The van der Waals surface area contributed by atoms with E-state index in [2.05, 4.69) is 28.3 Å². The van der Waals surface area contributed by atoms with Gasteiger partial charge in [-0.05, 0) is 70.1 Å². The van der Waals surface area contributed by atoms with Gasteiger partial charge >= 0.3 is 5.97 Å². The molecule has 4 aromatic carbocycles. The number of halogens is 1. The molecule has 0 unspecified atom stereocenters. The van der Waals surface area contributed by atoms with Crippen LogP contribution in [0.15, 0.2) is 89.8 Å². The first-order chi connectivity index (χ1) is 19.8. The minimum atomic E-state index is -0.661. The van der Waals surface area contributed by atoms with Gasteiger partial charge in [-0.1, -0.05) is 66.2 Å². The highest BCUT2D eigenvalue weighted by Crippen LogP contribution is 2.32. The molecular weight excluding hydrogens is 564 g/mol. The number of esters is 1. The van der Waals surface area contributed by atoms with E-state index >= 15 is 0 Å². The molecule has 1 fully saturated rings. The summed E-state index contributed by atoms with van der Waals surface area (Å²) < 4.78 is 10.6. The number of rotatable bonds is 8. The van der Waals surface area contributed by atoms with Gasteiger partial charge in [0, 0.05) is 5.69 Å². The molecule has 1 N–H and O–H groups in total. The molecule has 0 spiro atoms. The second kappa shape index (κ2) is 12.3. The molecule has 0 saturated carbocycles. The smallest absolute Gasteiger partial charge is 0.339 e. The maximum atomic E-state index is 12.9. The van der Waals surface area contributed by atoms with Gasteiger partial charge in [-0.25, -0.2) is 4.79 Å². The van der Waals surface area contributed by atoms with Crippen molar-refractivity contribution in [2.45, 2.75) is 6.61 Å². The van der Waals surface area contributed by atoms with Gasteiger partial charge in [0.1, 0.15) is 18.9 Å². The number of benzene rings is 4. The predicted octanol–water partition coefficient (Wildman–Crippen LogP) is 6.53. The van der Waals surface area contributed by atoms with Gasteiger partial charge in [0.25, 0.3) is 11.1 Å². The molecule has 206 valence electrons. The number of nitrogens with one attached hydrogen (secondary N) is 1. The molecule has 0 radical (unpaired) electrons. The van der Waals surface area contributed by atoms with Crippen molar-refractivity contribution in [2.75, 3.05) is 19.0 Å². The largest absolute Gasteiger partial charge is 0.489 e. The van der Waals surface area contributed by atoms with Crippen LogP contribution in [0.25, 0.3) is 16.8 Å². The first kappa shape index (κ1) is 27.9. The lowest BCUT2D eigenvalue weighted by molar-refractivity contribution is -0.127. The zero-order chi connectivity index (χ0) is 28.9. The van der Waals surface area contributed by atoms with Crippen LogP contribution >= 0.6 is 23.4 Å². The fraction of sp³-hybridized carbons (Fsp3) is 0.0968. The Morgan fingerprint density at radius 3 is 2.51 bits per heavy atom. The highest BCUT2D eigenvalue weighted by molar-refractivity contribution is 8.18. The molecule has 8 nitrogen and oxygen atoms in total. The number of methoxy groups -OCH3 is 1. The fourth-order valence-corrected chi connectivity index (χ4v) is 5.27. The van der Waals surface area contributed by atoms with E-state index in [0.29, 0.717) is 17.9 Å². The van der Waals surface area contributed by atoms with Crippen molar-refractivity contribution >= 4 is 68.9 Å². The van der Waals surface area contributed by atoms with Gasteiger partial charge in [0.2, 0.25) is 5.91 Å². The predicted molar refractivity (Wildman–Crippen MR) is 159 cm³/mol. The van der Waals surface area contributed by atoms with Crippen molar-refractivity contribution in [3.05, 3.63) is 112 Å². The number of thioether (sulfide) groups is 1. The van der Waals surface area contributed by atoms with Crippen LogP contribution < -0.4 is 10.1 Å². The number of amides is 3. The minimum Gasteiger partial charge on any atom is -0.489 e. The average Bonchev–Trinajstić information content (AvgIpc) is 3.24. The second-order valence-corrected chi connectivity index (χ2v) is 10.4. The van der Waals surface area contributed by atoms with Crippen molar-refractivity contribution < 1.29 is 28.7 Å². The number of hydrogen-bond acceptors (Lipinski definition) is 7. The van der Waals surface area contributed by atoms with Crippen LogP contribution in [0.2, 0.25) is 5.02 Å². The summed E-state index contributed by atoms with van der Waals surface area (Å²) in [6.45, 7) is -0.0825. The first-order valence-corrected chi connectivity index (χ1v) is 13.6. The third kappa shape index (κ3) is 6.42. The Balaban J connectivity index is 1.20. The van der Waals surface area contributed by atoms with Crippen LogP contribution in [-0.2, 0) is 20.9 Å². The van der Waals surface area contributed by atoms with E-state index in [4.69, 9.17) is 16.3 Å². The van der Waals surface area contributed by atoms with E-state index in [0.717, 1.165) is 33.0 Å². The van der Waals surface area contributed by atoms with Gasteiger partial charge < -0.3 is 14.8 Å². The SMILES string of the molecule is COC(=O)c1cc(NC(=O)CN2C(=O)S/C(=C/c3ccc(OCc4cccc5ccccc45)cc3)C2=O)ccc1Cl. The van der Waals surface area contributed by atoms with Crippen LogP contribution in [0.5, 0.6) is 5.75 Å². The highest BCUT2D eigenvalue weighted by atomic mass is 35.5. The fourth-order valence-electron chi connectivity index (χ4n) is 4.24. The van der Waals surface area contributed by atoms with E-state index in [1.165, 1.54) is 25.3 Å². The summed E-state index contributed by atoms with van der Waals surface area (Å²) in [6, 6.07) is 25.7. The molecule has 1 saturated heterocycles. The summed E-state index contributed by atoms with van der Waals surface area (Å²) in [5.74, 6) is -1.18. The zero-order valence-electron chi connectivity index (χ0n) is 21.8. The lowest BCUT2D eigenvalue weighted by atomic mass is 10.1. The molecule has 0 aromatic heterocycles. The number of carbonyl (C=O) groups excluding carboxylic acids is 4. The van der Waals surface area contributed by atoms with Crippen LogP contribution in [0.1, 0.15) is 21.5 Å². The molecule has 0 bridgehead atoms. The first-order valence-electron chi connectivity index (χ1n) is 12.4. The third-order valence-corrected chi connectivity index (χ3v) is 7.52. The lowest BCUT2D eigenvalue weighted by Gasteiger charge is -2.13. The summed E-state index contributed by atoms with van der Waals surface area (Å²) in [5.41, 5.74) is 2.12. The molecule has 0 aliphatic carbocycles. The van der Waals surface area contributed by atoms with E-state index in [-0.39, 0.29) is 21.2 Å². The number of carbonyl (C=O) groups is 4. The monoisotopic (exact) mass is 586 g/mol. The summed E-state index contributed by atoms with van der Waals surface area (Å²) in [6.07, 6.45) is 1.60. The minimum absolute atomic E-state index is 0.0750. The van der Waals surface area contributed by atoms with Crippen molar-refractivity contribution in [1.29, 1.82) is 0 Å². The Morgan fingerprint density at radius 1 is 0.976 bits per heavy atom. The summed E-state index contributed by atoms with van der Waals surface area (Å²) >= 11 is 6.76. The normalized spacial score (nSPS) is 14.0. The maximum Gasteiger partial charge on any atom is 0.339 e. The molecule has 10 heteroatoms. The van der Waals surface area contributed by atoms with Crippen LogP contribution in [0, 0.1) is 0 Å². The third-order valence-electron chi connectivity index (χ3n) is 6.28.